The highest BCUT2D eigenvalue weighted by Gasteiger charge is 2.28. The molecule has 90 valence electrons. The molecule has 1 fully saturated rings. The summed E-state index contributed by atoms with van der Waals surface area (Å²) in [5.74, 6) is 0.707. The summed E-state index contributed by atoms with van der Waals surface area (Å²) in [6.07, 6.45) is 2.59. The quantitative estimate of drug-likeness (QED) is 0.848. The van der Waals surface area contributed by atoms with Crippen molar-refractivity contribution in [3.63, 3.8) is 0 Å². The summed E-state index contributed by atoms with van der Waals surface area (Å²) in [4.78, 5) is 4.94. The lowest BCUT2D eigenvalue weighted by Gasteiger charge is -2.13. The minimum absolute atomic E-state index is 0.707. The Morgan fingerprint density at radius 2 is 2.12 bits per heavy atom. The monoisotopic (exact) mass is 265 g/mol. The molecule has 17 heavy (non-hydrogen) atoms. The number of anilines is 1. The van der Waals surface area contributed by atoms with Crippen molar-refractivity contribution in [3.05, 3.63) is 26.9 Å². The number of aryl methyl sites for hydroxylation is 1. The van der Waals surface area contributed by atoms with Crippen molar-refractivity contribution < 1.29 is 0 Å². The first-order valence-corrected chi connectivity index (χ1v) is 7.45. The summed E-state index contributed by atoms with van der Waals surface area (Å²) < 4.78 is 0. The highest BCUT2D eigenvalue weighted by molar-refractivity contribution is 7.15. The molecule has 0 N–H and O–H groups in total. The van der Waals surface area contributed by atoms with Crippen LogP contribution in [0.4, 0.5) is 5.13 Å². The van der Waals surface area contributed by atoms with Crippen LogP contribution in [0.15, 0.2) is 12.1 Å². The van der Waals surface area contributed by atoms with Gasteiger partial charge in [-0.15, -0.1) is 21.5 Å². The van der Waals surface area contributed by atoms with Gasteiger partial charge in [0.25, 0.3) is 0 Å². The maximum Gasteiger partial charge on any atom is 0.208 e. The maximum atomic E-state index is 4.28. The van der Waals surface area contributed by atoms with E-state index in [0.717, 1.165) is 11.7 Å². The zero-order valence-corrected chi connectivity index (χ0v) is 11.6. The van der Waals surface area contributed by atoms with Gasteiger partial charge < -0.3 is 4.90 Å². The van der Waals surface area contributed by atoms with Crippen LogP contribution in [0, 0.1) is 6.92 Å². The lowest BCUT2D eigenvalue weighted by atomic mass is 10.4. The van der Waals surface area contributed by atoms with Crippen LogP contribution in [-0.2, 0) is 6.54 Å². The smallest absolute Gasteiger partial charge is 0.208 e. The molecule has 2 aromatic heterocycles. The fourth-order valence-electron chi connectivity index (χ4n) is 1.75. The molecule has 0 aliphatic heterocycles. The standard InChI is InChI=1S/C12H15N3S2/c1-8-3-6-10(16-8)7-15(2)12-14-13-11(17-12)9-4-5-9/h3,6,9H,4-5,7H2,1-2H3. The van der Waals surface area contributed by atoms with Crippen molar-refractivity contribution in [1.82, 2.24) is 10.2 Å². The van der Waals surface area contributed by atoms with Gasteiger partial charge in [0, 0.05) is 22.7 Å². The van der Waals surface area contributed by atoms with E-state index in [0.29, 0.717) is 5.92 Å². The van der Waals surface area contributed by atoms with Crippen molar-refractivity contribution in [2.45, 2.75) is 32.2 Å². The fourth-order valence-corrected chi connectivity index (χ4v) is 3.66. The highest BCUT2D eigenvalue weighted by atomic mass is 32.1. The topological polar surface area (TPSA) is 29.0 Å². The van der Waals surface area contributed by atoms with E-state index in [2.05, 4.69) is 41.2 Å². The molecule has 0 spiro atoms. The Hall–Kier alpha value is -0.940. The minimum Gasteiger partial charge on any atom is -0.345 e. The Morgan fingerprint density at radius 3 is 2.76 bits per heavy atom. The van der Waals surface area contributed by atoms with Gasteiger partial charge in [-0.2, -0.15) is 0 Å². The van der Waals surface area contributed by atoms with Crippen LogP contribution in [0.3, 0.4) is 0 Å². The van der Waals surface area contributed by atoms with Crippen LogP contribution in [0.2, 0.25) is 0 Å². The summed E-state index contributed by atoms with van der Waals surface area (Å²) in [5, 5.41) is 10.8. The second-order valence-electron chi connectivity index (χ2n) is 4.57. The summed E-state index contributed by atoms with van der Waals surface area (Å²) >= 11 is 3.60. The van der Waals surface area contributed by atoms with Gasteiger partial charge in [0.05, 0.1) is 6.54 Å². The molecule has 3 nitrogen and oxygen atoms in total. The first-order chi connectivity index (χ1) is 8.22. The molecule has 0 unspecified atom stereocenters. The average molecular weight is 265 g/mol. The number of thiophene rings is 1. The van der Waals surface area contributed by atoms with Crippen LogP contribution < -0.4 is 4.90 Å². The number of aromatic nitrogens is 2. The van der Waals surface area contributed by atoms with Gasteiger partial charge in [-0.05, 0) is 31.9 Å². The molecule has 0 bridgehead atoms. The number of rotatable bonds is 4. The second-order valence-corrected chi connectivity index (χ2v) is 6.93. The van der Waals surface area contributed by atoms with Crippen LogP contribution in [0.5, 0.6) is 0 Å². The average Bonchev–Trinajstić information content (AvgIpc) is 2.88. The van der Waals surface area contributed by atoms with E-state index in [9.17, 15) is 0 Å². The largest absolute Gasteiger partial charge is 0.345 e. The van der Waals surface area contributed by atoms with Gasteiger partial charge >= 0.3 is 0 Å². The third kappa shape index (κ3) is 2.50. The number of hydrogen-bond acceptors (Lipinski definition) is 5. The lowest BCUT2D eigenvalue weighted by Crippen LogP contribution is -2.15. The molecule has 2 heterocycles. The van der Waals surface area contributed by atoms with Gasteiger partial charge in [0.1, 0.15) is 5.01 Å². The highest BCUT2D eigenvalue weighted by Crippen LogP contribution is 2.42. The van der Waals surface area contributed by atoms with Crippen LogP contribution in [0.1, 0.15) is 33.5 Å². The lowest BCUT2D eigenvalue weighted by molar-refractivity contribution is 0.893. The van der Waals surface area contributed by atoms with Gasteiger partial charge in [-0.25, -0.2) is 0 Å². The molecule has 0 atom stereocenters. The van der Waals surface area contributed by atoms with Gasteiger partial charge in [0.2, 0.25) is 5.13 Å². The molecular formula is C12H15N3S2. The van der Waals surface area contributed by atoms with Crippen molar-refractivity contribution in [2.24, 2.45) is 0 Å². The van der Waals surface area contributed by atoms with Crippen LogP contribution in [-0.4, -0.2) is 17.2 Å². The molecule has 2 aromatic rings. The van der Waals surface area contributed by atoms with Crippen LogP contribution in [0.25, 0.3) is 0 Å². The third-order valence-corrected chi connectivity index (χ3v) is 5.06. The van der Waals surface area contributed by atoms with Crippen molar-refractivity contribution in [1.29, 1.82) is 0 Å². The second kappa shape index (κ2) is 4.38. The molecule has 0 radical (unpaired) electrons. The summed E-state index contributed by atoms with van der Waals surface area (Å²) in [7, 11) is 2.09. The Kier molecular flexibility index (Phi) is 2.88. The molecule has 1 saturated carbocycles. The normalized spacial score (nSPS) is 15.2. The first kappa shape index (κ1) is 11.2. The third-order valence-electron chi connectivity index (χ3n) is 2.87. The van der Waals surface area contributed by atoms with Crippen molar-refractivity contribution >= 4 is 27.8 Å². The minimum atomic E-state index is 0.707. The van der Waals surface area contributed by atoms with E-state index in [-0.39, 0.29) is 0 Å². The summed E-state index contributed by atoms with van der Waals surface area (Å²) in [5.41, 5.74) is 0. The number of nitrogens with zero attached hydrogens (tertiary/aromatic N) is 3. The SMILES string of the molecule is Cc1ccc(CN(C)c2nnc(C3CC3)s2)s1. The van der Waals surface area contributed by atoms with Gasteiger partial charge in [0.15, 0.2) is 0 Å². The molecule has 5 heteroatoms. The van der Waals surface area contributed by atoms with E-state index in [4.69, 9.17) is 0 Å². The number of hydrogen-bond donors (Lipinski definition) is 0. The van der Waals surface area contributed by atoms with Crippen molar-refractivity contribution in [2.75, 3.05) is 11.9 Å². The molecule has 1 aliphatic rings. The van der Waals surface area contributed by atoms with Crippen LogP contribution >= 0.6 is 22.7 Å². The van der Waals surface area contributed by atoms with E-state index in [1.54, 1.807) is 11.3 Å². The predicted octanol–water partition coefficient (Wildman–Crippen LogP) is 3.42. The Morgan fingerprint density at radius 1 is 1.29 bits per heavy atom. The molecule has 3 rings (SSSR count). The molecular weight excluding hydrogens is 250 g/mol. The molecule has 1 aliphatic carbocycles. The summed E-state index contributed by atoms with van der Waals surface area (Å²) in [6.45, 7) is 3.07. The molecule has 0 saturated heterocycles. The van der Waals surface area contributed by atoms with Gasteiger partial charge in [-0.1, -0.05) is 11.3 Å². The van der Waals surface area contributed by atoms with E-state index in [1.807, 2.05) is 11.3 Å². The van der Waals surface area contributed by atoms with E-state index >= 15 is 0 Å². The first-order valence-electron chi connectivity index (χ1n) is 5.82. The Labute approximate surface area is 109 Å². The zero-order valence-electron chi connectivity index (χ0n) is 10.0. The molecule has 0 aromatic carbocycles. The maximum absolute atomic E-state index is 4.28. The van der Waals surface area contributed by atoms with Gasteiger partial charge in [-0.3, -0.25) is 0 Å². The van der Waals surface area contributed by atoms with E-state index in [1.165, 1.54) is 27.6 Å². The Bertz CT molecular complexity index is 513. The Balaban J connectivity index is 1.69. The zero-order chi connectivity index (χ0) is 11.8. The molecule has 0 amide bonds. The fraction of sp³-hybridized carbons (Fsp3) is 0.500. The van der Waals surface area contributed by atoms with Crippen molar-refractivity contribution in [3.8, 4) is 0 Å². The predicted molar refractivity (Wildman–Crippen MR) is 73.0 cm³/mol. The summed E-state index contributed by atoms with van der Waals surface area (Å²) in [6, 6.07) is 4.36. The van der Waals surface area contributed by atoms with E-state index < -0.39 is 0 Å².